The number of sulfone groups is 1. The molecule has 1 aliphatic rings. The molecule has 1 atom stereocenters. The van der Waals surface area contributed by atoms with Crippen LogP contribution in [-0.2, 0) is 22.9 Å². The SMILES string of the molecule is CCS(=O)(=O)c1ccc(Cl)cc1Cn1c(=O)[nH]c2c(Cl)c(CN3CC[C@H](CN)C3)c(F)cc2c1=O. The van der Waals surface area contributed by atoms with E-state index < -0.39 is 26.9 Å². The van der Waals surface area contributed by atoms with Crippen LogP contribution in [0.2, 0.25) is 10.0 Å². The lowest BCUT2D eigenvalue weighted by Gasteiger charge is -2.18. The van der Waals surface area contributed by atoms with Crippen molar-refractivity contribution in [1.82, 2.24) is 14.5 Å². The summed E-state index contributed by atoms with van der Waals surface area (Å²) < 4.78 is 40.9. The van der Waals surface area contributed by atoms with Gasteiger partial charge < -0.3 is 10.7 Å². The number of aromatic amines is 1. The number of benzene rings is 2. The molecule has 0 amide bonds. The first-order valence-corrected chi connectivity index (χ1v) is 13.5. The standard InChI is InChI=1S/C23H25Cl2FN4O4S/c1-2-35(33,34)19-4-3-15(24)7-14(19)11-30-22(31)16-8-18(26)17(20(25)21(16)28-23(30)32)12-29-6-5-13(9-27)10-29/h3-4,7-8,13H,2,5-6,9-12,27H2,1H3,(H,28,32)/t13-/m1/s1. The molecule has 12 heteroatoms. The summed E-state index contributed by atoms with van der Waals surface area (Å²) in [5.74, 6) is -0.499. The molecule has 0 unspecified atom stereocenters. The van der Waals surface area contributed by atoms with E-state index in [1.54, 1.807) is 0 Å². The number of hydrogen-bond acceptors (Lipinski definition) is 6. The van der Waals surface area contributed by atoms with E-state index in [2.05, 4.69) is 4.98 Å². The second kappa shape index (κ2) is 10.0. The normalized spacial score (nSPS) is 16.9. The zero-order valence-electron chi connectivity index (χ0n) is 19.0. The Morgan fingerprint density at radius 1 is 1.20 bits per heavy atom. The van der Waals surface area contributed by atoms with Crippen LogP contribution in [0.4, 0.5) is 4.39 Å². The van der Waals surface area contributed by atoms with E-state index in [-0.39, 0.29) is 55.8 Å². The van der Waals surface area contributed by atoms with Crippen LogP contribution in [0.1, 0.15) is 24.5 Å². The van der Waals surface area contributed by atoms with Gasteiger partial charge in [-0.25, -0.2) is 17.6 Å². The van der Waals surface area contributed by atoms with Gasteiger partial charge in [0, 0.05) is 23.7 Å². The van der Waals surface area contributed by atoms with Gasteiger partial charge in [-0.15, -0.1) is 0 Å². The first kappa shape index (κ1) is 25.8. The largest absolute Gasteiger partial charge is 0.330 e. The molecule has 2 heterocycles. The number of likely N-dealkylation sites (tertiary alicyclic amines) is 1. The summed E-state index contributed by atoms with van der Waals surface area (Å²) in [5, 5.41) is 0.103. The first-order valence-electron chi connectivity index (χ1n) is 11.1. The minimum absolute atomic E-state index is 0.0308. The highest BCUT2D eigenvalue weighted by molar-refractivity contribution is 7.91. The smallest absolute Gasteiger partial charge is 0.329 e. The number of nitrogens with one attached hydrogen (secondary N) is 1. The number of aromatic nitrogens is 2. The Morgan fingerprint density at radius 2 is 1.94 bits per heavy atom. The van der Waals surface area contributed by atoms with E-state index in [1.165, 1.54) is 25.1 Å². The maximum absolute atomic E-state index is 15.1. The second-order valence-corrected chi connectivity index (χ2v) is 11.7. The van der Waals surface area contributed by atoms with Crippen molar-refractivity contribution in [2.24, 2.45) is 11.7 Å². The molecule has 8 nitrogen and oxygen atoms in total. The van der Waals surface area contributed by atoms with E-state index in [9.17, 15) is 18.0 Å². The molecule has 3 aromatic rings. The molecule has 2 aromatic carbocycles. The third kappa shape index (κ3) is 5.03. The summed E-state index contributed by atoms with van der Waals surface area (Å²) in [6, 6.07) is 5.21. The summed E-state index contributed by atoms with van der Waals surface area (Å²) in [7, 11) is -3.65. The van der Waals surface area contributed by atoms with Crippen molar-refractivity contribution in [3.63, 3.8) is 0 Å². The zero-order valence-corrected chi connectivity index (χ0v) is 21.3. The average Bonchev–Trinajstić information content (AvgIpc) is 3.28. The quantitative estimate of drug-likeness (QED) is 0.473. The molecule has 35 heavy (non-hydrogen) atoms. The van der Waals surface area contributed by atoms with Crippen molar-refractivity contribution in [2.75, 3.05) is 25.4 Å². The molecule has 1 fully saturated rings. The summed E-state index contributed by atoms with van der Waals surface area (Å²) in [5.41, 5.74) is 4.55. The molecular weight excluding hydrogens is 518 g/mol. The number of nitrogens with zero attached hydrogens (tertiary/aromatic N) is 2. The Balaban J connectivity index is 1.79. The first-order chi connectivity index (χ1) is 16.6. The fourth-order valence-corrected chi connectivity index (χ4v) is 6.03. The van der Waals surface area contributed by atoms with Crippen LogP contribution < -0.4 is 17.0 Å². The highest BCUT2D eigenvalue weighted by Gasteiger charge is 2.25. The molecule has 3 N–H and O–H groups in total. The fourth-order valence-electron chi connectivity index (χ4n) is 4.42. The van der Waals surface area contributed by atoms with Gasteiger partial charge in [0.05, 0.1) is 33.1 Å². The van der Waals surface area contributed by atoms with Gasteiger partial charge >= 0.3 is 5.69 Å². The van der Waals surface area contributed by atoms with Gasteiger partial charge in [-0.05, 0) is 55.3 Å². The van der Waals surface area contributed by atoms with Gasteiger partial charge in [-0.2, -0.15) is 0 Å². The van der Waals surface area contributed by atoms with E-state index in [1.807, 2.05) is 4.90 Å². The number of hydrogen-bond donors (Lipinski definition) is 2. The van der Waals surface area contributed by atoms with Gasteiger partial charge in [-0.3, -0.25) is 14.3 Å². The van der Waals surface area contributed by atoms with E-state index >= 15 is 4.39 Å². The summed E-state index contributed by atoms with van der Waals surface area (Å²) >= 11 is 12.5. The minimum atomic E-state index is -3.65. The summed E-state index contributed by atoms with van der Waals surface area (Å²) in [4.78, 5) is 30.7. The molecule has 0 saturated carbocycles. The van der Waals surface area contributed by atoms with Crippen molar-refractivity contribution in [1.29, 1.82) is 0 Å². The predicted molar refractivity (Wildman–Crippen MR) is 135 cm³/mol. The van der Waals surface area contributed by atoms with Crippen LogP contribution in [0.3, 0.4) is 0 Å². The average molecular weight is 543 g/mol. The minimum Gasteiger partial charge on any atom is -0.330 e. The lowest BCUT2D eigenvalue weighted by atomic mass is 10.1. The number of rotatable bonds is 7. The lowest BCUT2D eigenvalue weighted by molar-refractivity contribution is 0.313. The van der Waals surface area contributed by atoms with Crippen molar-refractivity contribution in [3.8, 4) is 0 Å². The molecule has 1 saturated heterocycles. The van der Waals surface area contributed by atoms with Crippen molar-refractivity contribution >= 4 is 43.9 Å². The van der Waals surface area contributed by atoms with Crippen molar-refractivity contribution in [2.45, 2.75) is 31.3 Å². The van der Waals surface area contributed by atoms with Gasteiger partial charge in [0.1, 0.15) is 5.82 Å². The van der Waals surface area contributed by atoms with Crippen LogP contribution in [0.5, 0.6) is 0 Å². The topological polar surface area (TPSA) is 118 Å². The van der Waals surface area contributed by atoms with E-state index in [4.69, 9.17) is 28.9 Å². The van der Waals surface area contributed by atoms with Gasteiger partial charge in [0.2, 0.25) is 0 Å². The van der Waals surface area contributed by atoms with Crippen molar-refractivity contribution in [3.05, 3.63) is 72.1 Å². The van der Waals surface area contributed by atoms with Gasteiger partial charge in [0.25, 0.3) is 5.56 Å². The number of nitrogens with two attached hydrogens (primary N) is 1. The van der Waals surface area contributed by atoms with Crippen LogP contribution in [0, 0.1) is 11.7 Å². The summed E-state index contributed by atoms with van der Waals surface area (Å²) in [6.07, 6.45) is 0.907. The highest BCUT2D eigenvalue weighted by atomic mass is 35.5. The molecule has 1 aliphatic heterocycles. The van der Waals surface area contributed by atoms with Crippen LogP contribution in [0.15, 0.2) is 38.8 Å². The zero-order chi connectivity index (χ0) is 25.5. The van der Waals surface area contributed by atoms with Crippen LogP contribution in [0.25, 0.3) is 10.9 Å². The van der Waals surface area contributed by atoms with Gasteiger partial charge in [0.15, 0.2) is 9.84 Å². The van der Waals surface area contributed by atoms with E-state index in [0.29, 0.717) is 19.0 Å². The Kier molecular flexibility index (Phi) is 7.40. The third-order valence-corrected chi connectivity index (χ3v) is 8.90. The maximum atomic E-state index is 15.1. The monoisotopic (exact) mass is 542 g/mol. The Morgan fingerprint density at radius 3 is 2.60 bits per heavy atom. The van der Waals surface area contributed by atoms with Gasteiger partial charge in [-0.1, -0.05) is 30.1 Å². The Bertz CT molecular complexity index is 1520. The molecule has 0 bridgehead atoms. The number of halogens is 3. The van der Waals surface area contributed by atoms with Crippen LogP contribution >= 0.6 is 23.2 Å². The molecule has 0 radical (unpaired) electrons. The molecule has 0 spiro atoms. The highest BCUT2D eigenvalue weighted by Crippen LogP contribution is 2.29. The van der Waals surface area contributed by atoms with Crippen molar-refractivity contribution < 1.29 is 12.8 Å². The van der Waals surface area contributed by atoms with E-state index in [0.717, 1.165) is 23.6 Å². The predicted octanol–water partition coefficient (Wildman–Crippen LogP) is 2.76. The number of H-pyrrole nitrogens is 1. The lowest BCUT2D eigenvalue weighted by Crippen LogP contribution is -2.36. The maximum Gasteiger partial charge on any atom is 0.329 e. The number of fused-ring (bicyclic) bond motifs is 1. The molecule has 1 aromatic heterocycles. The van der Waals surface area contributed by atoms with Crippen LogP contribution in [-0.4, -0.2) is 48.3 Å². The second-order valence-electron chi connectivity index (χ2n) is 8.68. The third-order valence-electron chi connectivity index (χ3n) is 6.42. The Labute approximate surface area is 211 Å². The fraction of sp³-hybridized carbons (Fsp3) is 0.391. The Hall–Kier alpha value is -2.24. The molecule has 4 rings (SSSR count). The molecular formula is C23H25Cl2FN4O4S. The molecule has 188 valence electrons. The molecule has 0 aliphatic carbocycles. The summed E-state index contributed by atoms with van der Waals surface area (Å²) in [6.45, 7) is 3.35.